The smallest absolute Gasteiger partial charge is 0.251 e. The molecule has 1 aromatic carbocycles. The maximum atomic E-state index is 11.8. The number of hydrogen-bond acceptors (Lipinski definition) is 4. The van der Waals surface area contributed by atoms with Crippen molar-refractivity contribution < 1.29 is 0 Å². The van der Waals surface area contributed by atoms with Crippen LogP contribution in [0.4, 0.5) is 0 Å². The molecular formula is C20H23N5O. The summed E-state index contributed by atoms with van der Waals surface area (Å²) in [7, 11) is 0. The summed E-state index contributed by atoms with van der Waals surface area (Å²) in [6, 6.07) is 13.9. The third-order valence-electron chi connectivity index (χ3n) is 4.91. The lowest BCUT2D eigenvalue weighted by Gasteiger charge is -2.32. The van der Waals surface area contributed by atoms with Gasteiger partial charge in [0.25, 0.3) is 5.56 Å². The molecule has 3 aromatic rings. The molecule has 1 saturated heterocycles. The van der Waals surface area contributed by atoms with Crippen LogP contribution in [0.25, 0.3) is 5.69 Å². The quantitative estimate of drug-likeness (QED) is 0.786. The molecule has 4 rings (SSSR count). The number of benzene rings is 1. The van der Waals surface area contributed by atoms with Crippen LogP contribution < -0.4 is 5.56 Å². The average molecular weight is 349 g/mol. The number of likely N-dealkylation sites (tertiary alicyclic amines) is 1. The summed E-state index contributed by atoms with van der Waals surface area (Å²) in [4.78, 5) is 21.5. The lowest BCUT2D eigenvalue weighted by molar-refractivity contribution is 0.195. The Kier molecular flexibility index (Phi) is 4.67. The van der Waals surface area contributed by atoms with Gasteiger partial charge < -0.3 is 4.98 Å². The van der Waals surface area contributed by atoms with E-state index >= 15 is 0 Å². The highest BCUT2D eigenvalue weighted by atomic mass is 16.1. The summed E-state index contributed by atoms with van der Waals surface area (Å²) in [6.45, 7) is 4.64. The number of nitrogens with one attached hydrogen (secondary N) is 1. The average Bonchev–Trinajstić information content (AvgIpc) is 3.10. The monoisotopic (exact) mass is 349 g/mol. The van der Waals surface area contributed by atoms with E-state index in [9.17, 15) is 4.79 Å². The highest BCUT2D eigenvalue weighted by molar-refractivity contribution is 5.32. The van der Waals surface area contributed by atoms with Crippen molar-refractivity contribution in [1.82, 2.24) is 24.6 Å². The van der Waals surface area contributed by atoms with Gasteiger partial charge >= 0.3 is 0 Å². The molecule has 1 aliphatic heterocycles. The van der Waals surface area contributed by atoms with Gasteiger partial charge in [0.05, 0.1) is 17.1 Å². The highest BCUT2D eigenvalue weighted by Gasteiger charge is 2.24. The molecule has 0 unspecified atom stereocenters. The molecule has 0 bridgehead atoms. The van der Waals surface area contributed by atoms with Gasteiger partial charge in [-0.3, -0.25) is 9.69 Å². The summed E-state index contributed by atoms with van der Waals surface area (Å²) < 4.78 is 2.00. The standard InChI is InChI=1S/C20H23N5O/c1-15-22-19(12-20(26)23-15)16-6-5-11-24(13-16)14-18-9-10-21-25(18)17-7-3-2-4-8-17/h2-4,7-10,12,16H,5-6,11,13-14H2,1H3,(H,22,23,26)/t16-/m1/s1. The highest BCUT2D eigenvalue weighted by Crippen LogP contribution is 2.26. The Morgan fingerprint density at radius 2 is 2.08 bits per heavy atom. The number of piperidine rings is 1. The van der Waals surface area contributed by atoms with Crippen LogP contribution in [0.2, 0.25) is 0 Å². The second kappa shape index (κ2) is 7.25. The van der Waals surface area contributed by atoms with Crippen LogP contribution in [0.3, 0.4) is 0 Å². The van der Waals surface area contributed by atoms with Crippen molar-refractivity contribution in [2.45, 2.75) is 32.2 Å². The van der Waals surface area contributed by atoms with Crippen molar-refractivity contribution in [3.8, 4) is 5.69 Å². The minimum Gasteiger partial charge on any atom is -0.311 e. The first-order valence-corrected chi connectivity index (χ1v) is 9.07. The molecule has 1 N–H and O–H groups in total. The van der Waals surface area contributed by atoms with Crippen LogP contribution in [-0.4, -0.2) is 37.7 Å². The van der Waals surface area contributed by atoms with Gasteiger partial charge in [-0.25, -0.2) is 9.67 Å². The van der Waals surface area contributed by atoms with Crippen LogP contribution >= 0.6 is 0 Å². The van der Waals surface area contributed by atoms with Crippen molar-refractivity contribution in [2.24, 2.45) is 0 Å². The molecule has 6 nitrogen and oxygen atoms in total. The molecule has 1 atom stereocenters. The molecule has 0 saturated carbocycles. The maximum Gasteiger partial charge on any atom is 0.251 e. The van der Waals surface area contributed by atoms with E-state index in [1.54, 1.807) is 6.07 Å². The predicted molar refractivity (Wildman–Crippen MR) is 100 cm³/mol. The molecule has 6 heteroatoms. The second-order valence-electron chi connectivity index (χ2n) is 6.90. The number of hydrogen-bond donors (Lipinski definition) is 1. The summed E-state index contributed by atoms with van der Waals surface area (Å²) in [5.74, 6) is 0.990. The zero-order valence-electron chi connectivity index (χ0n) is 14.9. The Morgan fingerprint density at radius 3 is 2.88 bits per heavy atom. The van der Waals surface area contributed by atoms with Gasteiger partial charge in [-0.15, -0.1) is 0 Å². The number of aromatic nitrogens is 4. The molecule has 0 amide bonds. The Morgan fingerprint density at radius 1 is 1.23 bits per heavy atom. The van der Waals surface area contributed by atoms with E-state index in [0.717, 1.165) is 43.9 Å². The summed E-state index contributed by atoms with van der Waals surface area (Å²) in [5.41, 5.74) is 3.10. The number of nitrogens with zero attached hydrogens (tertiary/aromatic N) is 4. The van der Waals surface area contributed by atoms with Gasteiger partial charge in [0.15, 0.2) is 0 Å². The third-order valence-corrected chi connectivity index (χ3v) is 4.91. The van der Waals surface area contributed by atoms with E-state index < -0.39 is 0 Å². The largest absolute Gasteiger partial charge is 0.311 e. The molecule has 3 heterocycles. The van der Waals surface area contributed by atoms with E-state index in [1.807, 2.05) is 36.0 Å². The van der Waals surface area contributed by atoms with E-state index in [4.69, 9.17) is 0 Å². The summed E-state index contributed by atoms with van der Waals surface area (Å²) in [5, 5.41) is 4.48. The predicted octanol–water partition coefficient (Wildman–Crippen LogP) is 2.64. The van der Waals surface area contributed by atoms with Crippen molar-refractivity contribution in [3.63, 3.8) is 0 Å². The number of para-hydroxylation sites is 1. The zero-order chi connectivity index (χ0) is 17.9. The molecular weight excluding hydrogens is 326 g/mol. The number of H-pyrrole nitrogens is 1. The summed E-state index contributed by atoms with van der Waals surface area (Å²) in [6.07, 6.45) is 4.04. The minimum absolute atomic E-state index is 0.0632. The lowest BCUT2D eigenvalue weighted by atomic mass is 9.94. The SMILES string of the molecule is Cc1nc([C@@H]2CCCN(Cc3ccnn3-c3ccccc3)C2)cc(=O)[nH]1. The summed E-state index contributed by atoms with van der Waals surface area (Å²) >= 11 is 0. The Bertz CT molecular complexity index is 931. The van der Waals surface area contributed by atoms with E-state index in [2.05, 4.69) is 38.2 Å². The van der Waals surface area contributed by atoms with Crippen molar-refractivity contribution in [1.29, 1.82) is 0 Å². The topological polar surface area (TPSA) is 66.8 Å². The third kappa shape index (κ3) is 3.60. The van der Waals surface area contributed by atoms with Crippen LogP contribution in [0.5, 0.6) is 0 Å². The van der Waals surface area contributed by atoms with Gasteiger partial charge in [-0.2, -0.15) is 5.10 Å². The first-order chi connectivity index (χ1) is 12.7. The van der Waals surface area contributed by atoms with Crippen molar-refractivity contribution in [3.05, 3.63) is 76.2 Å². The molecule has 0 radical (unpaired) electrons. The van der Waals surface area contributed by atoms with Crippen LogP contribution in [0, 0.1) is 6.92 Å². The normalized spacial score (nSPS) is 18.1. The molecule has 1 aliphatic rings. The maximum absolute atomic E-state index is 11.8. The Labute approximate surface area is 152 Å². The van der Waals surface area contributed by atoms with E-state index in [1.165, 1.54) is 5.69 Å². The zero-order valence-corrected chi connectivity index (χ0v) is 14.9. The second-order valence-corrected chi connectivity index (χ2v) is 6.90. The van der Waals surface area contributed by atoms with Gasteiger partial charge in [-0.1, -0.05) is 18.2 Å². The molecule has 1 fully saturated rings. The number of aromatic amines is 1. The molecule has 0 aliphatic carbocycles. The van der Waals surface area contributed by atoms with Crippen molar-refractivity contribution >= 4 is 0 Å². The van der Waals surface area contributed by atoms with Gasteiger partial charge in [0.1, 0.15) is 5.82 Å². The first-order valence-electron chi connectivity index (χ1n) is 9.07. The van der Waals surface area contributed by atoms with E-state index in [0.29, 0.717) is 11.7 Å². The van der Waals surface area contributed by atoms with Gasteiger partial charge in [0, 0.05) is 31.3 Å². The molecule has 26 heavy (non-hydrogen) atoms. The van der Waals surface area contributed by atoms with Gasteiger partial charge in [0.2, 0.25) is 0 Å². The van der Waals surface area contributed by atoms with Gasteiger partial charge in [-0.05, 0) is 44.5 Å². The fraction of sp³-hybridized carbons (Fsp3) is 0.350. The molecule has 0 spiro atoms. The number of aryl methyl sites for hydroxylation is 1. The Balaban J connectivity index is 1.51. The molecule has 134 valence electrons. The fourth-order valence-corrected chi connectivity index (χ4v) is 3.73. The number of rotatable bonds is 4. The molecule has 2 aromatic heterocycles. The first kappa shape index (κ1) is 16.7. The van der Waals surface area contributed by atoms with Crippen molar-refractivity contribution in [2.75, 3.05) is 13.1 Å². The van der Waals surface area contributed by atoms with Crippen LogP contribution in [-0.2, 0) is 6.54 Å². The van der Waals surface area contributed by atoms with Crippen LogP contribution in [0.15, 0.2) is 53.5 Å². The van der Waals surface area contributed by atoms with Crippen LogP contribution in [0.1, 0.15) is 36.0 Å². The lowest BCUT2D eigenvalue weighted by Crippen LogP contribution is -2.35. The minimum atomic E-state index is -0.0632. The fourth-order valence-electron chi connectivity index (χ4n) is 3.73. The van der Waals surface area contributed by atoms with E-state index in [-0.39, 0.29) is 5.56 Å². The Hall–Kier alpha value is -2.73.